The molecule has 0 unspecified atom stereocenters. The fourth-order valence-corrected chi connectivity index (χ4v) is 1.58. The average Bonchev–Trinajstić information content (AvgIpc) is 2.46. The molecular formula is C15H12N2O. The van der Waals surface area contributed by atoms with E-state index in [1.165, 1.54) is 0 Å². The van der Waals surface area contributed by atoms with Crippen LogP contribution in [0.4, 0.5) is 0 Å². The molecule has 2 aromatic carbocycles. The normalized spacial score (nSPS) is 9.50. The third-order valence-electron chi connectivity index (χ3n) is 2.57. The zero-order chi connectivity index (χ0) is 12.8. The van der Waals surface area contributed by atoms with Crippen LogP contribution < -0.4 is 5.32 Å². The molecule has 0 heterocycles. The van der Waals surface area contributed by atoms with Crippen LogP contribution in [0.15, 0.2) is 54.6 Å². The van der Waals surface area contributed by atoms with Crippen molar-refractivity contribution in [2.24, 2.45) is 0 Å². The predicted molar refractivity (Wildman–Crippen MR) is 68.8 cm³/mol. The third-order valence-corrected chi connectivity index (χ3v) is 2.57. The summed E-state index contributed by atoms with van der Waals surface area (Å²) < 4.78 is 0. The highest BCUT2D eigenvalue weighted by Crippen LogP contribution is 2.04. The van der Waals surface area contributed by atoms with Crippen molar-refractivity contribution >= 4 is 5.91 Å². The van der Waals surface area contributed by atoms with E-state index >= 15 is 0 Å². The summed E-state index contributed by atoms with van der Waals surface area (Å²) in [5.74, 6) is -0.136. The minimum Gasteiger partial charge on any atom is -0.348 e. The number of nitrogens with one attached hydrogen (secondary N) is 1. The Balaban J connectivity index is 1.98. The van der Waals surface area contributed by atoms with Crippen molar-refractivity contribution < 1.29 is 4.79 Å². The van der Waals surface area contributed by atoms with E-state index in [1.54, 1.807) is 24.3 Å². The Hall–Kier alpha value is -2.60. The van der Waals surface area contributed by atoms with E-state index in [9.17, 15) is 4.79 Å². The summed E-state index contributed by atoms with van der Waals surface area (Å²) >= 11 is 0. The molecule has 1 amide bonds. The van der Waals surface area contributed by atoms with E-state index in [0.717, 1.165) is 5.56 Å². The highest BCUT2D eigenvalue weighted by molar-refractivity contribution is 5.94. The van der Waals surface area contributed by atoms with Crippen molar-refractivity contribution in [3.8, 4) is 6.07 Å². The Kier molecular flexibility index (Phi) is 3.72. The summed E-state index contributed by atoms with van der Waals surface area (Å²) in [5, 5.41) is 11.5. The number of carbonyl (C=O) groups is 1. The lowest BCUT2D eigenvalue weighted by Gasteiger charge is -2.05. The second-order valence-corrected chi connectivity index (χ2v) is 3.86. The Morgan fingerprint density at radius 3 is 2.33 bits per heavy atom. The van der Waals surface area contributed by atoms with Gasteiger partial charge in [-0.25, -0.2) is 0 Å². The summed E-state index contributed by atoms with van der Waals surface area (Å²) in [6.45, 7) is 0.500. The van der Waals surface area contributed by atoms with Gasteiger partial charge in [0.05, 0.1) is 11.6 Å². The van der Waals surface area contributed by atoms with Gasteiger partial charge in [0.25, 0.3) is 5.91 Å². The molecule has 0 saturated heterocycles. The molecule has 0 bridgehead atoms. The number of amides is 1. The van der Waals surface area contributed by atoms with Crippen LogP contribution in [0.2, 0.25) is 0 Å². The Morgan fingerprint density at radius 2 is 1.72 bits per heavy atom. The Morgan fingerprint density at radius 1 is 1.06 bits per heavy atom. The van der Waals surface area contributed by atoms with E-state index in [-0.39, 0.29) is 5.91 Å². The van der Waals surface area contributed by atoms with E-state index < -0.39 is 0 Å². The average molecular weight is 237 g/mol. The molecule has 0 saturated carbocycles. The predicted octanol–water partition coefficient (Wildman–Crippen LogP) is 2.49. The van der Waals surface area contributed by atoms with Gasteiger partial charge in [-0.15, -0.1) is 0 Å². The van der Waals surface area contributed by atoms with Gasteiger partial charge in [0.15, 0.2) is 0 Å². The van der Waals surface area contributed by atoms with Gasteiger partial charge < -0.3 is 5.32 Å². The highest BCUT2D eigenvalue weighted by Gasteiger charge is 2.04. The van der Waals surface area contributed by atoms with Crippen LogP contribution in [-0.4, -0.2) is 5.91 Å². The first-order valence-corrected chi connectivity index (χ1v) is 5.62. The summed E-state index contributed by atoms with van der Waals surface area (Å²) in [5.41, 5.74) is 2.17. The summed E-state index contributed by atoms with van der Waals surface area (Å²) in [6, 6.07) is 18.3. The number of carbonyl (C=O) groups excluding carboxylic acids is 1. The number of rotatable bonds is 3. The van der Waals surface area contributed by atoms with E-state index in [1.807, 2.05) is 36.4 Å². The minimum atomic E-state index is -0.136. The zero-order valence-corrected chi connectivity index (χ0v) is 9.76. The lowest BCUT2D eigenvalue weighted by Crippen LogP contribution is -2.22. The fourth-order valence-electron chi connectivity index (χ4n) is 1.58. The van der Waals surface area contributed by atoms with E-state index in [2.05, 4.69) is 5.32 Å². The first-order valence-electron chi connectivity index (χ1n) is 5.62. The van der Waals surface area contributed by atoms with Gasteiger partial charge in [-0.05, 0) is 29.8 Å². The largest absolute Gasteiger partial charge is 0.348 e. The molecule has 0 aliphatic carbocycles. The second kappa shape index (κ2) is 5.65. The summed E-state index contributed by atoms with van der Waals surface area (Å²) in [4.78, 5) is 11.8. The summed E-state index contributed by atoms with van der Waals surface area (Å²) in [6.07, 6.45) is 0. The van der Waals surface area contributed by atoms with Crippen LogP contribution in [-0.2, 0) is 6.54 Å². The molecule has 0 spiro atoms. The maximum absolute atomic E-state index is 11.8. The van der Waals surface area contributed by atoms with Gasteiger partial charge in [-0.1, -0.05) is 30.3 Å². The first-order chi connectivity index (χ1) is 8.79. The van der Waals surface area contributed by atoms with Crippen molar-refractivity contribution in [2.75, 3.05) is 0 Å². The highest BCUT2D eigenvalue weighted by atomic mass is 16.2. The van der Waals surface area contributed by atoms with Crippen molar-refractivity contribution in [1.82, 2.24) is 5.32 Å². The molecule has 0 fully saturated rings. The molecule has 88 valence electrons. The third kappa shape index (κ3) is 2.96. The van der Waals surface area contributed by atoms with Crippen LogP contribution in [0.1, 0.15) is 21.5 Å². The molecule has 18 heavy (non-hydrogen) atoms. The van der Waals surface area contributed by atoms with E-state index in [4.69, 9.17) is 5.26 Å². The van der Waals surface area contributed by atoms with Crippen molar-refractivity contribution in [1.29, 1.82) is 5.26 Å². The molecule has 2 aromatic rings. The molecule has 2 rings (SSSR count). The van der Waals surface area contributed by atoms with Crippen LogP contribution >= 0.6 is 0 Å². The van der Waals surface area contributed by atoms with Crippen molar-refractivity contribution in [3.63, 3.8) is 0 Å². The van der Waals surface area contributed by atoms with Crippen molar-refractivity contribution in [2.45, 2.75) is 6.54 Å². The molecule has 1 N–H and O–H groups in total. The lowest BCUT2D eigenvalue weighted by atomic mass is 10.2. The topological polar surface area (TPSA) is 52.9 Å². The quantitative estimate of drug-likeness (QED) is 0.834. The van der Waals surface area contributed by atoms with Gasteiger partial charge in [-0.3, -0.25) is 4.79 Å². The zero-order valence-electron chi connectivity index (χ0n) is 9.76. The van der Waals surface area contributed by atoms with Gasteiger partial charge in [0.2, 0.25) is 0 Å². The maximum atomic E-state index is 11.8. The van der Waals surface area contributed by atoms with Crippen molar-refractivity contribution in [3.05, 3.63) is 71.3 Å². The Bertz CT molecular complexity index is 568. The molecular weight excluding hydrogens is 225 g/mol. The molecule has 0 atom stereocenters. The second-order valence-electron chi connectivity index (χ2n) is 3.86. The monoisotopic (exact) mass is 237 g/mol. The maximum Gasteiger partial charge on any atom is 0.251 e. The molecule has 0 aliphatic rings. The molecule has 0 radical (unpaired) electrons. The summed E-state index contributed by atoms with van der Waals surface area (Å²) in [7, 11) is 0. The molecule has 3 heteroatoms. The smallest absolute Gasteiger partial charge is 0.251 e. The van der Waals surface area contributed by atoms with Gasteiger partial charge in [0, 0.05) is 12.1 Å². The fraction of sp³-hybridized carbons (Fsp3) is 0.0667. The number of benzene rings is 2. The molecule has 0 aromatic heterocycles. The lowest BCUT2D eigenvalue weighted by molar-refractivity contribution is 0.0951. The van der Waals surface area contributed by atoms with Crippen LogP contribution in [0.25, 0.3) is 0 Å². The standard InChI is InChI=1S/C15H12N2O/c16-10-12-6-8-14(9-7-12)15(18)17-11-13-4-2-1-3-5-13/h1-9H,11H2,(H,17,18)/i15+1. The minimum absolute atomic E-state index is 0.136. The number of hydrogen-bond donors (Lipinski definition) is 1. The SMILES string of the molecule is N#Cc1ccc([13C](=O)NCc2ccccc2)cc1. The number of nitrogens with zero attached hydrogens (tertiary/aromatic N) is 1. The van der Waals surface area contributed by atoms with Crippen LogP contribution in [0.3, 0.4) is 0 Å². The van der Waals surface area contributed by atoms with E-state index in [0.29, 0.717) is 17.7 Å². The van der Waals surface area contributed by atoms with Gasteiger partial charge in [-0.2, -0.15) is 5.26 Å². The van der Waals surface area contributed by atoms with Gasteiger partial charge >= 0.3 is 0 Å². The van der Waals surface area contributed by atoms with Crippen LogP contribution in [0.5, 0.6) is 0 Å². The number of hydrogen-bond acceptors (Lipinski definition) is 2. The first kappa shape index (κ1) is 11.9. The van der Waals surface area contributed by atoms with Crippen LogP contribution in [0, 0.1) is 11.3 Å². The van der Waals surface area contributed by atoms with Gasteiger partial charge in [0.1, 0.15) is 0 Å². The Labute approximate surface area is 106 Å². The molecule has 0 aliphatic heterocycles. The number of nitriles is 1. The molecule has 3 nitrogen and oxygen atoms in total.